The van der Waals surface area contributed by atoms with E-state index in [0.29, 0.717) is 6.54 Å². The van der Waals surface area contributed by atoms with Crippen LogP contribution in [0.5, 0.6) is 0 Å². The summed E-state index contributed by atoms with van der Waals surface area (Å²) in [4.78, 5) is 4.18. The molecule has 7 heteroatoms. The number of nitrogens with one attached hydrogen (secondary N) is 2. The van der Waals surface area contributed by atoms with E-state index in [-0.39, 0.29) is 0 Å². The molecule has 1 aromatic heterocycles. The van der Waals surface area contributed by atoms with Crippen molar-refractivity contribution in [2.75, 3.05) is 26.8 Å². The summed E-state index contributed by atoms with van der Waals surface area (Å²) in [6.07, 6.45) is 3.28. The lowest BCUT2D eigenvalue weighted by atomic mass is 10.4. The summed E-state index contributed by atoms with van der Waals surface area (Å²) in [6.45, 7) is 7.18. The van der Waals surface area contributed by atoms with Gasteiger partial charge in [-0.2, -0.15) is 0 Å². The topological polar surface area (TPSA) is 76.4 Å². The summed E-state index contributed by atoms with van der Waals surface area (Å²) < 4.78 is 7.48. The second kappa shape index (κ2) is 10.1. The number of hydrogen-bond donors (Lipinski definition) is 2. The molecule has 120 valence electrons. The molecule has 0 saturated heterocycles. The number of unbranched alkanes of at least 4 members (excludes halogenated alkanes) is 1. The van der Waals surface area contributed by atoms with E-state index in [1.807, 2.05) is 18.5 Å². The highest BCUT2D eigenvalue weighted by Crippen LogP contribution is 1.96. The second-order valence-corrected chi connectivity index (χ2v) is 4.89. The zero-order chi connectivity index (χ0) is 15.5. The summed E-state index contributed by atoms with van der Waals surface area (Å²) in [5.74, 6) is 2.56. The number of aromatic nitrogens is 3. The van der Waals surface area contributed by atoms with Crippen LogP contribution in [0.4, 0.5) is 0 Å². The highest BCUT2D eigenvalue weighted by atomic mass is 16.5. The molecule has 0 saturated carbocycles. The summed E-state index contributed by atoms with van der Waals surface area (Å²) in [7, 11) is 3.71. The van der Waals surface area contributed by atoms with Gasteiger partial charge in [-0.25, -0.2) is 0 Å². The van der Waals surface area contributed by atoms with Gasteiger partial charge in [-0.1, -0.05) is 13.3 Å². The predicted octanol–water partition coefficient (Wildman–Crippen LogP) is 0.995. The first kappa shape index (κ1) is 17.4. The minimum Gasteiger partial charge on any atom is -0.381 e. The molecule has 1 heterocycles. The Morgan fingerprint density at radius 1 is 1.24 bits per heavy atom. The maximum atomic E-state index is 5.52. The van der Waals surface area contributed by atoms with Gasteiger partial charge in [0.25, 0.3) is 0 Å². The number of hydrogen-bond acceptors (Lipinski definition) is 4. The largest absolute Gasteiger partial charge is 0.381 e. The molecule has 1 rings (SSSR count). The van der Waals surface area contributed by atoms with Gasteiger partial charge in [0.15, 0.2) is 11.8 Å². The average molecular weight is 296 g/mol. The van der Waals surface area contributed by atoms with Crippen LogP contribution >= 0.6 is 0 Å². The van der Waals surface area contributed by atoms with Crippen molar-refractivity contribution >= 4 is 5.96 Å². The summed E-state index contributed by atoms with van der Waals surface area (Å²) in [5, 5.41) is 14.6. The lowest BCUT2D eigenvalue weighted by molar-refractivity contribution is 0.129. The zero-order valence-corrected chi connectivity index (χ0v) is 13.6. The van der Waals surface area contributed by atoms with E-state index in [1.54, 1.807) is 7.05 Å². The van der Waals surface area contributed by atoms with E-state index in [4.69, 9.17) is 4.74 Å². The number of guanidine groups is 1. The maximum absolute atomic E-state index is 5.52. The number of aliphatic imine (C=N–C) groups is 1. The molecule has 0 unspecified atom stereocenters. The first-order chi connectivity index (χ1) is 10.2. The van der Waals surface area contributed by atoms with Gasteiger partial charge in [0.1, 0.15) is 5.82 Å². The van der Waals surface area contributed by atoms with Crippen molar-refractivity contribution < 1.29 is 4.74 Å². The molecule has 0 fully saturated rings. The van der Waals surface area contributed by atoms with Crippen molar-refractivity contribution in [1.82, 2.24) is 25.4 Å². The van der Waals surface area contributed by atoms with E-state index in [0.717, 1.165) is 50.2 Å². The molecular weight excluding hydrogens is 268 g/mol. The van der Waals surface area contributed by atoms with Gasteiger partial charge in [0, 0.05) is 33.9 Å². The standard InChI is InChI=1S/C14H28N6O/c1-5-6-9-21-10-7-8-16-14(15-3)17-11-13-19-18-12(2)20(13)4/h5-11H2,1-4H3,(H2,15,16,17). The van der Waals surface area contributed by atoms with Gasteiger partial charge in [0.05, 0.1) is 6.54 Å². The number of aryl methyl sites for hydroxylation is 1. The number of ether oxygens (including phenoxy) is 1. The van der Waals surface area contributed by atoms with Crippen molar-refractivity contribution in [2.45, 2.75) is 39.7 Å². The fourth-order valence-corrected chi connectivity index (χ4v) is 1.72. The van der Waals surface area contributed by atoms with Crippen molar-refractivity contribution in [1.29, 1.82) is 0 Å². The third kappa shape index (κ3) is 6.57. The quantitative estimate of drug-likeness (QED) is 0.404. The van der Waals surface area contributed by atoms with Gasteiger partial charge < -0.3 is 19.9 Å². The fraction of sp³-hybridized carbons (Fsp3) is 0.786. The van der Waals surface area contributed by atoms with E-state index in [2.05, 4.69) is 32.7 Å². The third-order valence-corrected chi connectivity index (χ3v) is 3.22. The van der Waals surface area contributed by atoms with E-state index in [1.165, 1.54) is 6.42 Å². The average Bonchev–Trinajstić information content (AvgIpc) is 2.81. The molecular formula is C14H28N6O. The lowest BCUT2D eigenvalue weighted by Gasteiger charge is -2.11. The molecule has 0 spiro atoms. The van der Waals surface area contributed by atoms with E-state index >= 15 is 0 Å². The minimum absolute atomic E-state index is 0.601. The Labute approximate surface area is 127 Å². The smallest absolute Gasteiger partial charge is 0.191 e. The van der Waals surface area contributed by atoms with Gasteiger partial charge in [-0.15, -0.1) is 10.2 Å². The molecule has 0 radical (unpaired) electrons. The van der Waals surface area contributed by atoms with Crippen molar-refractivity contribution in [3.05, 3.63) is 11.6 Å². The monoisotopic (exact) mass is 296 g/mol. The van der Waals surface area contributed by atoms with Gasteiger partial charge >= 0.3 is 0 Å². The molecule has 2 N–H and O–H groups in total. The molecule has 0 aliphatic heterocycles. The van der Waals surface area contributed by atoms with E-state index < -0.39 is 0 Å². The zero-order valence-electron chi connectivity index (χ0n) is 13.6. The highest BCUT2D eigenvalue weighted by Gasteiger charge is 2.05. The van der Waals surface area contributed by atoms with Crippen molar-refractivity contribution in [3.63, 3.8) is 0 Å². The Hall–Kier alpha value is -1.63. The summed E-state index contributed by atoms with van der Waals surface area (Å²) in [6, 6.07) is 0. The maximum Gasteiger partial charge on any atom is 0.191 e. The predicted molar refractivity (Wildman–Crippen MR) is 84.3 cm³/mol. The van der Waals surface area contributed by atoms with Gasteiger partial charge in [-0.05, 0) is 19.8 Å². The number of rotatable bonds is 9. The van der Waals surface area contributed by atoms with Crippen LogP contribution < -0.4 is 10.6 Å². The Morgan fingerprint density at radius 2 is 2.00 bits per heavy atom. The Kier molecular flexibility index (Phi) is 8.42. The number of nitrogens with zero attached hydrogens (tertiary/aromatic N) is 4. The molecule has 21 heavy (non-hydrogen) atoms. The Balaban J connectivity index is 2.16. The third-order valence-electron chi connectivity index (χ3n) is 3.22. The SMILES string of the molecule is CCCCOCCCNC(=NC)NCc1nnc(C)n1C. The second-order valence-electron chi connectivity index (χ2n) is 4.89. The molecule has 0 aliphatic carbocycles. The molecule has 0 aliphatic rings. The Morgan fingerprint density at radius 3 is 2.62 bits per heavy atom. The first-order valence-corrected chi connectivity index (χ1v) is 7.56. The van der Waals surface area contributed by atoms with Crippen LogP contribution in [-0.4, -0.2) is 47.5 Å². The molecule has 0 amide bonds. The molecule has 0 atom stereocenters. The fourth-order valence-electron chi connectivity index (χ4n) is 1.72. The van der Waals surface area contributed by atoms with Crippen LogP contribution in [0, 0.1) is 6.92 Å². The summed E-state index contributed by atoms with van der Waals surface area (Å²) in [5.41, 5.74) is 0. The lowest BCUT2D eigenvalue weighted by Crippen LogP contribution is -2.38. The van der Waals surface area contributed by atoms with Crippen LogP contribution in [0.2, 0.25) is 0 Å². The molecule has 0 aromatic carbocycles. The van der Waals surface area contributed by atoms with Crippen molar-refractivity contribution in [2.24, 2.45) is 12.0 Å². The van der Waals surface area contributed by atoms with Crippen LogP contribution in [0.3, 0.4) is 0 Å². The van der Waals surface area contributed by atoms with Crippen molar-refractivity contribution in [3.8, 4) is 0 Å². The minimum atomic E-state index is 0.601. The first-order valence-electron chi connectivity index (χ1n) is 7.56. The Bertz CT molecular complexity index is 429. The van der Waals surface area contributed by atoms with Crippen LogP contribution in [0.1, 0.15) is 37.8 Å². The molecule has 1 aromatic rings. The summed E-state index contributed by atoms with van der Waals surface area (Å²) >= 11 is 0. The highest BCUT2D eigenvalue weighted by molar-refractivity contribution is 5.79. The van der Waals surface area contributed by atoms with Gasteiger partial charge in [-0.3, -0.25) is 4.99 Å². The van der Waals surface area contributed by atoms with Crippen LogP contribution in [-0.2, 0) is 18.3 Å². The van der Waals surface area contributed by atoms with E-state index in [9.17, 15) is 0 Å². The van der Waals surface area contributed by atoms with Crippen LogP contribution in [0.15, 0.2) is 4.99 Å². The molecule has 7 nitrogen and oxygen atoms in total. The van der Waals surface area contributed by atoms with Crippen LogP contribution in [0.25, 0.3) is 0 Å². The van der Waals surface area contributed by atoms with Gasteiger partial charge in [0.2, 0.25) is 0 Å². The molecule has 0 bridgehead atoms. The normalized spacial score (nSPS) is 11.7.